The summed E-state index contributed by atoms with van der Waals surface area (Å²) in [7, 11) is 0. The van der Waals surface area contributed by atoms with Crippen LogP contribution in [0.3, 0.4) is 0 Å². The molecule has 19 heavy (non-hydrogen) atoms. The van der Waals surface area contributed by atoms with E-state index in [0.717, 1.165) is 12.1 Å². The van der Waals surface area contributed by atoms with Gasteiger partial charge in [-0.2, -0.15) is 5.10 Å². The maximum absolute atomic E-state index is 5.62. The van der Waals surface area contributed by atoms with Crippen molar-refractivity contribution in [3.8, 4) is 5.69 Å². The van der Waals surface area contributed by atoms with E-state index in [2.05, 4.69) is 28.4 Å². The van der Waals surface area contributed by atoms with Crippen molar-refractivity contribution in [3.63, 3.8) is 0 Å². The molecule has 2 N–H and O–H groups in total. The summed E-state index contributed by atoms with van der Waals surface area (Å²) < 4.78 is 0. The Kier molecular flexibility index (Phi) is 2.98. The molecule has 1 aromatic heterocycles. The molecule has 0 amide bonds. The van der Waals surface area contributed by atoms with Crippen molar-refractivity contribution in [3.05, 3.63) is 71.9 Å². The molecule has 0 atom stereocenters. The number of hydrogen-bond donors (Lipinski definition) is 1. The second-order valence-electron chi connectivity index (χ2n) is 4.35. The lowest BCUT2D eigenvalue weighted by Crippen LogP contribution is -2.04. The Labute approximate surface area is 111 Å². The Morgan fingerprint density at radius 1 is 0.947 bits per heavy atom. The third kappa shape index (κ3) is 2.47. The number of aromatic nitrogens is 3. The SMILES string of the molecule is Nc1cnn(-c2ccccc2Cc2ccccc2)n1. The number of benzene rings is 2. The van der Waals surface area contributed by atoms with E-state index in [9.17, 15) is 0 Å². The first-order valence-electron chi connectivity index (χ1n) is 6.13. The smallest absolute Gasteiger partial charge is 0.166 e. The number of nitrogen functional groups attached to an aromatic ring is 1. The van der Waals surface area contributed by atoms with Crippen molar-refractivity contribution in [1.29, 1.82) is 0 Å². The second-order valence-corrected chi connectivity index (χ2v) is 4.35. The first-order valence-corrected chi connectivity index (χ1v) is 6.13. The largest absolute Gasteiger partial charge is 0.381 e. The van der Waals surface area contributed by atoms with Crippen LogP contribution in [0, 0.1) is 0 Å². The minimum absolute atomic E-state index is 0.425. The van der Waals surface area contributed by atoms with Gasteiger partial charge in [-0.15, -0.1) is 9.90 Å². The fraction of sp³-hybridized carbons (Fsp3) is 0.0667. The summed E-state index contributed by atoms with van der Waals surface area (Å²) >= 11 is 0. The molecule has 4 nitrogen and oxygen atoms in total. The van der Waals surface area contributed by atoms with Crippen LogP contribution in [0.25, 0.3) is 5.69 Å². The fourth-order valence-electron chi connectivity index (χ4n) is 2.06. The van der Waals surface area contributed by atoms with Crippen LogP contribution in [0.2, 0.25) is 0 Å². The number of anilines is 1. The normalized spacial score (nSPS) is 10.5. The molecule has 0 saturated heterocycles. The van der Waals surface area contributed by atoms with Crippen molar-refractivity contribution in [1.82, 2.24) is 15.0 Å². The van der Waals surface area contributed by atoms with Gasteiger partial charge in [-0.25, -0.2) is 0 Å². The van der Waals surface area contributed by atoms with Crippen LogP contribution in [0.15, 0.2) is 60.8 Å². The van der Waals surface area contributed by atoms with E-state index in [1.54, 1.807) is 11.0 Å². The van der Waals surface area contributed by atoms with Crippen LogP contribution in [-0.2, 0) is 6.42 Å². The van der Waals surface area contributed by atoms with E-state index in [-0.39, 0.29) is 0 Å². The van der Waals surface area contributed by atoms with E-state index < -0.39 is 0 Å². The lowest BCUT2D eigenvalue weighted by Gasteiger charge is -2.08. The summed E-state index contributed by atoms with van der Waals surface area (Å²) in [5, 5.41) is 8.34. The molecule has 94 valence electrons. The predicted octanol–water partition coefficient (Wildman–Crippen LogP) is 2.44. The molecule has 3 aromatic rings. The lowest BCUT2D eigenvalue weighted by molar-refractivity contribution is 0.746. The molecule has 3 rings (SSSR count). The summed E-state index contributed by atoms with van der Waals surface area (Å²) in [5.41, 5.74) is 9.02. The van der Waals surface area contributed by atoms with Crippen molar-refractivity contribution in [2.24, 2.45) is 0 Å². The zero-order chi connectivity index (χ0) is 13.1. The molecule has 0 bridgehead atoms. The maximum atomic E-state index is 5.62. The predicted molar refractivity (Wildman–Crippen MR) is 75.0 cm³/mol. The summed E-state index contributed by atoms with van der Waals surface area (Å²) in [6.45, 7) is 0. The summed E-state index contributed by atoms with van der Waals surface area (Å²) in [6, 6.07) is 18.4. The third-order valence-electron chi connectivity index (χ3n) is 2.95. The molecule has 2 aromatic carbocycles. The molecule has 0 saturated carbocycles. The van der Waals surface area contributed by atoms with Gasteiger partial charge in [0.1, 0.15) is 0 Å². The maximum Gasteiger partial charge on any atom is 0.166 e. The van der Waals surface area contributed by atoms with Gasteiger partial charge < -0.3 is 5.73 Å². The number of para-hydroxylation sites is 1. The summed E-state index contributed by atoms with van der Waals surface area (Å²) in [4.78, 5) is 1.58. The molecule has 0 aliphatic rings. The monoisotopic (exact) mass is 250 g/mol. The van der Waals surface area contributed by atoms with Gasteiger partial charge in [-0.1, -0.05) is 48.5 Å². The third-order valence-corrected chi connectivity index (χ3v) is 2.95. The Bertz CT molecular complexity index is 673. The molecular formula is C15H14N4. The molecule has 0 radical (unpaired) electrons. The number of nitrogens with two attached hydrogens (primary N) is 1. The Morgan fingerprint density at radius 2 is 1.68 bits per heavy atom. The molecule has 4 heteroatoms. The highest BCUT2D eigenvalue weighted by molar-refractivity contribution is 5.43. The van der Waals surface area contributed by atoms with Gasteiger partial charge in [0.05, 0.1) is 11.9 Å². The van der Waals surface area contributed by atoms with Crippen LogP contribution >= 0.6 is 0 Å². The Morgan fingerprint density at radius 3 is 2.42 bits per heavy atom. The first kappa shape index (κ1) is 11.5. The molecule has 1 heterocycles. The zero-order valence-electron chi connectivity index (χ0n) is 10.4. The molecule has 0 spiro atoms. The van der Waals surface area contributed by atoms with Crippen molar-refractivity contribution in [2.75, 3.05) is 5.73 Å². The van der Waals surface area contributed by atoms with Gasteiger partial charge in [0.2, 0.25) is 0 Å². The zero-order valence-corrected chi connectivity index (χ0v) is 10.4. The van der Waals surface area contributed by atoms with Crippen molar-refractivity contribution in [2.45, 2.75) is 6.42 Å². The minimum Gasteiger partial charge on any atom is -0.381 e. The van der Waals surface area contributed by atoms with Crippen LogP contribution in [-0.4, -0.2) is 15.0 Å². The number of hydrogen-bond acceptors (Lipinski definition) is 3. The van der Waals surface area contributed by atoms with Gasteiger partial charge in [0.15, 0.2) is 5.82 Å². The quantitative estimate of drug-likeness (QED) is 0.776. The van der Waals surface area contributed by atoms with Gasteiger partial charge in [-0.3, -0.25) is 0 Å². The molecule has 0 fully saturated rings. The molecular weight excluding hydrogens is 236 g/mol. The number of rotatable bonds is 3. The summed E-state index contributed by atoms with van der Waals surface area (Å²) in [6.07, 6.45) is 2.40. The van der Waals surface area contributed by atoms with Crippen LogP contribution in [0.5, 0.6) is 0 Å². The van der Waals surface area contributed by atoms with E-state index in [0.29, 0.717) is 5.82 Å². The highest BCUT2D eigenvalue weighted by Crippen LogP contribution is 2.17. The van der Waals surface area contributed by atoms with E-state index in [1.807, 2.05) is 36.4 Å². The highest BCUT2D eigenvalue weighted by atomic mass is 15.5. The minimum atomic E-state index is 0.425. The molecule has 0 unspecified atom stereocenters. The standard InChI is InChI=1S/C15H14N4/c16-15-11-17-19(18-15)14-9-5-4-8-13(14)10-12-6-2-1-3-7-12/h1-9,11H,10H2,(H2,16,18). The Balaban J connectivity index is 1.98. The lowest BCUT2D eigenvalue weighted by atomic mass is 10.0. The first-order chi connectivity index (χ1) is 9.33. The van der Waals surface area contributed by atoms with Crippen LogP contribution < -0.4 is 5.73 Å². The van der Waals surface area contributed by atoms with Gasteiger partial charge >= 0.3 is 0 Å². The second kappa shape index (κ2) is 4.94. The topological polar surface area (TPSA) is 56.7 Å². The van der Waals surface area contributed by atoms with Crippen molar-refractivity contribution >= 4 is 5.82 Å². The average molecular weight is 250 g/mol. The van der Waals surface area contributed by atoms with Gasteiger partial charge in [0.25, 0.3) is 0 Å². The highest BCUT2D eigenvalue weighted by Gasteiger charge is 2.07. The molecule has 0 aliphatic carbocycles. The average Bonchev–Trinajstić information content (AvgIpc) is 2.87. The van der Waals surface area contributed by atoms with Gasteiger partial charge in [-0.05, 0) is 23.6 Å². The van der Waals surface area contributed by atoms with Gasteiger partial charge in [0, 0.05) is 0 Å². The molecule has 0 aliphatic heterocycles. The van der Waals surface area contributed by atoms with Crippen LogP contribution in [0.1, 0.15) is 11.1 Å². The summed E-state index contributed by atoms with van der Waals surface area (Å²) in [5.74, 6) is 0.425. The number of nitrogens with zero attached hydrogens (tertiary/aromatic N) is 3. The van der Waals surface area contributed by atoms with E-state index in [1.165, 1.54) is 11.1 Å². The van der Waals surface area contributed by atoms with E-state index >= 15 is 0 Å². The Hall–Kier alpha value is -2.62. The van der Waals surface area contributed by atoms with Crippen molar-refractivity contribution < 1.29 is 0 Å². The fourth-order valence-corrected chi connectivity index (χ4v) is 2.06. The van der Waals surface area contributed by atoms with Crippen LogP contribution in [0.4, 0.5) is 5.82 Å². The van der Waals surface area contributed by atoms with E-state index in [4.69, 9.17) is 5.73 Å².